The van der Waals surface area contributed by atoms with Crippen molar-refractivity contribution >= 4 is 65.0 Å². The Balaban J connectivity index is 0.761. The molecule has 86 heavy (non-hydrogen) atoms. The van der Waals surface area contributed by atoms with Gasteiger partial charge in [0.15, 0.2) is 0 Å². The lowest BCUT2D eigenvalue weighted by Crippen LogP contribution is -2.14. The second-order valence-corrected chi connectivity index (χ2v) is 24.7. The third kappa shape index (κ3) is 6.88. The van der Waals surface area contributed by atoms with E-state index in [1.54, 1.807) is 0 Å². The summed E-state index contributed by atoms with van der Waals surface area (Å²) in [6.07, 6.45) is 0. The molecule has 0 saturated carbocycles. The van der Waals surface area contributed by atoms with Gasteiger partial charge >= 0.3 is 0 Å². The Morgan fingerprint density at radius 1 is 0.209 bits per heavy atom. The number of fused-ring (bicyclic) bond motifs is 14. The predicted octanol–water partition coefficient (Wildman–Crippen LogP) is 23.8. The molecule has 1 heterocycles. The van der Waals surface area contributed by atoms with Gasteiger partial charge in [-0.15, -0.1) is 0 Å². The van der Waals surface area contributed by atoms with Gasteiger partial charge < -0.3 is 4.42 Å². The molecule has 19 rings (SSSR count). The minimum Gasteiger partial charge on any atom is -0.456 e. The molecular weight excluding hydrogens is 1040 g/mol. The molecule has 0 amide bonds. The molecule has 0 radical (unpaired) electrons. The van der Waals surface area contributed by atoms with E-state index in [2.05, 4.69) is 293 Å². The minimum absolute atomic E-state index is 0.128. The molecule has 16 aromatic rings. The van der Waals surface area contributed by atoms with Crippen molar-refractivity contribution in [3.05, 3.63) is 290 Å². The lowest BCUT2D eigenvalue weighted by Gasteiger charge is -2.22. The Morgan fingerprint density at radius 3 is 1.08 bits per heavy atom. The summed E-state index contributed by atoms with van der Waals surface area (Å²) >= 11 is 0. The molecule has 0 aliphatic heterocycles. The second kappa shape index (κ2) is 17.6. The van der Waals surface area contributed by atoms with E-state index in [9.17, 15) is 0 Å². The third-order valence-corrected chi connectivity index (χ3v) is 19.7. The lowest BCUT2D eigenvalue weighted by atomic mass is 9.81. The number of benzene rings is 15. The zero-order valence-electron chi connectivity index (χ0n) is 47.5. The van der Waals surface area contributed by atoms with Crippen LogP contribution in [0.1, 0.15) is 25.0 Å². The first kappa shape index (κ1) is 47.6. The molecule has 3 aliphatic rings. The molecule has 1 nitrogen and oxygen atoms in total. The number of hydrogen-bond donors (Lipinski definition) is 0. The molecule has 15 aromatic carbocycles. The van der Waals surface area contributed by atoms with Crippen LogP contribution in [0.25, 0.3) is 187 Å². The Labute approximate surface area is 498 Å². The van der Waals surface area contributed by atoms with E-state index in [0.29, 0.717) is 0 Å². The summed E-state index contributed by atoms with van der Waals surface area (Å²) in [7, 11) is 0. The standard InChI is InChI=1S/C85H52O/c1-85(2)79-29-7-6-24-63(79)64-33-30-58(48-80(64)85)72-43-62-47-76-68-28-13-19-51-17-11-26-66(84(51)68)74(76)45-60(62)41-70(72)56-23-9-21-53(37-56)54-31-34-81-77(38-54)78-39-57(32-35-82(78)86-81)71-42-61-46-75-67-27-12-18-50-16-10-25-65(83(50)67)73(75)44-59(61)40-69(71)55-22-8-20-52(36-55)49-14-4-3-5-15-49/h3-48H,1-2H3. The van der Waals surface area contributed by atoms with E-state index in [0.717, 1.165) is 38.6 Å². The normalized spacial score (nSPS) is 13.1. The van der Waals surface area contributed by atoms with Gasteiger partial charge in [0.25, 0.3) is 0 Å². The van der Waals surface area contributed by atoms with Crippen LogP contribution in [-0.2, 0) is 5.41 Å². The van der Waals surface area contributed by atoms with Crippen LogP contribution in [0.3, 0.4) is 0 Å². The maximum atomic E-state index is 6.73. The summed E-state index contributed by atoms with van der Waals surface area (Å²) in [6, 6.07) is 105. The van der Waals surface area contributed by atoms with E-state index < -0.39 is 0 Å². The van der Waals surface area contributed by atoms with Gasteiger partial charge in [0.1, 0.15) is 11.2 Å². The molecule has 3 aliphatic carbocycles. The van der Waals surface area contributed by atoms with Crippen molar-refractivity contribution in [2.24, 2.45) is 0 Å². The fourth-order valence-corrected chi connectivity index (χ4v) is 15.5. The molecule has 1 aromatic heterocycles. The van der Waals surface area contributed by atoms with Crippen molar-refractivity contribution in [2.45, 2.75) is 19.3 Å². The molecule has 398 valence electrons. The van der Waals surface area contributed by atoms with Crippen LogP contribution >= 0.6 is 0 Å². The first-order chi connectivity index (χ1) is 42.3. The van der Waals surface area contributed by atoms with E-state index >= 15 is 0 Å². The summed E-state index contributed by atoms with van der Waals surface area (Å²) in [5.74, 6) is 0. The zero-order valence-corrected chi connectivity index (χ0v) is 47.5. The third-order valence-electron chi connectivity index (χ3n) is 19.7. The Kier molecular flexibility index (Phi) is 9.74. The first-order valence-corrected chi connectivity index (χ1v) is 30.1. The molecule has 0 fully saturated rings. The van der Waals surface area contributed by atoms with Gasteiger partial charge in [-0.2, -0.15) is 0 Å². The summed E-state index contributed by atoms with van der Waals surface area (Å²) in [5, 5.41) is 12.4. The maximum absolute atomic E-state index is 6.73. The Bertz CT molecular complexity index is 5660. The average molecular weight is 1090 g/mol. The fraction of sp³-hybridized carbons (Fsp3) is 0.0353. The summed E-state index contributed by atoms with van der Waals surface area (Å²) in [5.41, 5.74) is 31.8. The van der Waals surface area contributed by atoms with Crippen molar-refractivity contribution in [3.8, 4) is 122 Å². The smallest absolute Gasteiger partial charge is 0.135 e. The van der Waals surface area contributed by atoms with Crippen LogP contribution in [0.15, 0.2) is 283 Å². The van der Waals surface area contributed by atoms with Gasteiger partial charge in [-0.3, -0.25) is 0 Å². The zero-order chi connectivity index (χ0) is 56.5. The fourth-order valence-electron chi connectivity index (χ4n) is 15.5. The van der Waals surface area contributed by atoms with Gasteiger partial charge in [-0.05, 0) is 268 Å². The van der Waals surface area contributed by atoms with Crippen molar-refractivity contribution in [3.63, 3.8) is 0 Å². The van der Waals surface area contributed by atoms with E-state index in [1.807, 2.05) is 0 Å². The predicted molar refractivity (Wildman–Crippen MR) is 363 cm³/mol. The maximum Gasteiger partial charge on any atom is 0.135 e. The topological polar surface area (TPSA) is 13.1 Å². The van der Waals surface area contributed by atoms with Crippen molar-refractivity contribution in [1.82, 2.24) is 0 Å². The monoisotopic (exact) mass is 1090 g/mol. The van der Waals surface area contributed by atoms with Gasteiger partial charge in [0.05, 0.1) is 0 Å². The lowest BCUT2D eigenvalue weighted by molar-refractivity contribution is 0.660. The van der Waals surface area contributed by atoms with Crippen LogP contribution < -0.4 is 0 Å². The van der Waals surface area contributed by atoms with Crippen molar-refractivity contribution in [1.29, 1.82) is 0 Å². The molecule has 1 heteroatoms. The van der Waals surface area contributed by atoms with Crippen molar-refractivity contribution in [2.75, 3.05) is 0 Å². The molecule has 0 spiro atoms. The number of hydrogen-bond acceptors (Lipinski definition) is 1. The first-order valence-electron chi connectivity index (χ1n) is 30.1. The van der Waals surface area contributed by atoms with Crippen LogP contribution in [0.5, 0.6) is 0 Å². The minimum atomic E-state index is -0.128. The molecule has 0 bridgehead atoms. The Hall–Kier alpha value is -10.9. The van der Waals surface area contributed by atoms with Crippen LogP contribution in [0.4, 0.5) is 0 Å². The summed E-state index contributed by atoms with van der Waals surface area (Å²) in [6.45, 7) is 4.76. The van der Waals surface area contributed by atoms with Crippen LogP contribution in [0.2, 0.25) is 0 Å². The van der Waals surface area contributed by atoms with E-state index in [1.165, 1.54) is 160 Å². The molecule has 0 unspecified atom stereocenters. The number of rotatable bonds is 6. The Morgan fingerprint density at radius 2 is 0.558 bits per heavy atom. The largest absolute Gasteiger partial charge is 0.456 e. The van der Waals surface area contributed by atoms with Gasteiger partial charge in [0.2, 0.25) is 0 Å². The number of furan rings is 1. The van der Waals surface area contributed by atoms with Crippen LogP contribution in [0, 0.1) is 0 Å². The van der Waals surface area contributed by atoms with Crippen LogP contribution in [-0.4, -0.2) is 0 Å². The average Bonchev–Trinajstić information content (AvgIpc) is 1.74. The highest BCUT2D eigenvalue weighted by molar-refractivity contribution is 6.20. The summed E-state index contributed by atoms with van der Waals surface area (Å²) in [4.78, 5) is 0. The highest BCUT2D eigenvalue weighted by Crippen LogP contribution is 2.54. The molecule has 0 atom stereocenters. The summed E-state index contributed by atoms with van der Waals surface area (Å²) < 4.78 is 6.73. The van der Waals surface area contributed by atoms with E-state index in [-0.39, 0.29) is 5.41 Å². The highest BCUT2D eigenvalue weighted by Gasteiger charge is 2.36. The van der Waals surface area contributed by atoms with E-state index in [4.69, 9.17) is 4.42 Å². The van der Waals surface area contributed by atoms with Gasteiger partial charge in [0, 0.05) is 16.2 Å². The highest BCUT2D eigenvalue weighted by atomic mass is 16.3. The van der Waals surface area contributed by atoms with Gasteiger partial charge in [-0.1, -0.05) is 202 Å². The SMILES string of the molecule is CC1(C)c2ccccc2-c2ccc(-c3cc4cc5c(cc4cc3-c3cccc(-c4ccc6oc7ccc(-c8cc9cc%10c(cc9cc8-c8cccc(-c9ccccc9)c8)-c8cccc9cccc-%10c89)cc7c6c4)c3)-c3cccc4cccc-5c34)cc21. The molecule has 0 N–H and O–H groups in total. The van der Waals surface area contributed by atoms with Crippen molar-refractivity contribution < 1.29 is 4.42 Å². The molecular formula is C85H52O. The van der Waals surface area contributed by atoms with Gasteiger partial charge in [-0.25, -0.2) is 0 Å². The second-order valence-electron chi connectivity index (χ2n) is 24.7. The quantitative estimate of drug-likeness (QED) is 0.162. The molecule has 0 saturated heterocycles.